The Morgan fingerprint density at radius 2 is 1.36 bits per heavy atom. The van der Waals surface area contributed by atoms with Crippen LogP contribution in [-0.2, 0) is 16.0 Å². The van der Waals surface area contributed by atoms with Crippen molar-refractivity contribution in [1.29, 1.82) is 0 Å². The number of hydrogen-bond acceptors (Lipinski definition) is 7. The van der Waals surface area contributed by atoms with Crippen molar-refractivity contribution in [3.05, 3.63) is 51.7 Å². The fourth-order valence-electron chi connectivity index (χ4n) is 3.10. The molecular formula is C20H17NO5S2. The van der Waals surface area contributed by atoms with Crippen molar-refractivity contribution in [3.8, 4) is 5.75 Å². The Morgan fingerprint density at radius 3 is 1.79 bits per heavy atom. The average molecular weight is 415 g/mol. The molecule has 1 aromatic carbocycles. The highest BCUT2D eigenvalue weighted by atomic mass is 32.1. The molecule has 28 heavy (non-hydrogen) atoms. The van der Waals surface area contributed by atoms with E-state index in [1.807, 2.05) is 36.4 Å². The number of thiophene rings is 2. The van der Waals surface area contributed by atoms with E-state index in [-0.39, 0.29) is 11.9 Å². The molecule has 3 heterocycles. The van der Waals surface area contributed by atoms with Crippen LogP contribution in [-0.4, -0.2) is 37.8 Å². The van der Waals surface area contributed by atoms with Crippen LogP contribution in [0.5, 0.6) is 5.75 Å². The molecule has 0 N–H and O–H groups in total. The number of benzene rings is 1. The predicted octanol–water partition coefficient (Wildman–Crippen LogP) is 4.55. The lowest BCUT2D eigenvalue weighted by molar-refractivity contribution is 0.0597. The van der Waals surface area contributed by atoms with E-state index < -0.39 is 0 Å². The van der Waals surface area contributed by atoms with Gasteiger partial charge in [0.2, 0.25) is 0 Å². The number of carbonyl (C=O) groups excluding carboxylic acids is 2. The Balaban J connectivity index is 1.88. The van der Waals surface area contributed by atoms with Gasteiger partial charge in [-0.2, -0.15) is 0 Å². The van der Waals surface area contributed by atoms with Gasteiger partial charge in [-0.15, -0.1) is 22.7 Å². The monoisotopic (exact) mass is 415 g/mol. The van der Waals surface area contributed by atoms with Crippen molar-refractivity contribution in [1.82, 2.24) is 4.57 Å². The van der Waals surface area contributed by atoms with Crippen LogP contribution in [0.3, 0.4) is 0 Å². The van der Waals surface area contributed by atoms with Gasteiger partial charge in [0.15, 0.2) is 0 Å². The van der Waals surface area contributed by atoms with E-state index in [1.54, 1.807) is 7.11 Å². The van der Waals surface area contributed by atoms with E-state index in [4.69, 9.17) is 14.2 Å². The quantitative estimate of drug-likeness (QED) is 0.448. The molecule has 0 amide bonds. The van der Waals surface area contributed by atoms with Crippen LogP contribution in [0, 0.1) is 0 Å². The van der Waals surface area contributed by atoms with Gasteiger partial charge in [0.05, 0.1) is 21.3 Å². The minimum atomic E-state index is -0.367. The summed E-state index contributed by atoms with van der Waals surface area (Å²) in [5.41, 5.74) is 1.08. The standard InChI is InChI=1S/C20H17NO5S2/c1-24-12-6-4-11(5-7-12)10-21-17-13(8-15(27-17)19(22)25-2)14-9-16(20(23)26-3)28-18(14)21/h4-9H,10H2,1-3H3. The Hall–Kier alpha value is -2.84. The summed E-state index contributed by atoms with van der Waals surface area (Å²) < 4.78 is 17.1. The molecule has 0 fully saturated rings. The largest absolute Gasteiger partial charge is 0.497 e. The molecule has 3 aromatic heterocycles. The predicted molar refractivity (Wildman–Crippen MR) is 110 cm³/mol. The number of carbonyl (C=O) groups is 2. The van der Waals surface area contributed by atoms with Gasteiger partial charge in [-0.3, -0.25) is 0 Å². The van der Waals surface area contributed by atoms with E-state index in [0.29, 0.717) is 16.3 Å². The minimum Gasteiger partial charge on any atom is -0.497 e. The van der Waals surface area contributed by atoms with Gasteiger partial charge in [-0.05, 0) is 29.8 Å². The van der Waals surface area contributed by atoms with Crippen LogP contribution < -0.4 is 4.74 Å². The molecule has 0 aliphatic carbocycles. The second-order valence-corrected chi connectivity index (χ2v) is 8.14. The molecule has 144 valence electrons. The molecule has 0 saturated heterocycles. The van der Waals surface area contributed by atoms with Crippen LogP contribution in [0.15, 0.2) is 36.4 Å². The van der Waals surface area contributed by atoms with Crippen LogP contribution in [0.1, 0.15) is 24.9 Å². The van der Waals surface area contributed by atoms with E-state index in [0.717, 1.165) is 31.7 Å². The highest BCUT2D eigenvalue weighted by Crippen LogP contribution is 2.40. The zero-order valence-corrected chi connectivity index (χ0v) is 17.1. The first-order valence-electron chi connectivity index (χ1n) is 8.40. The number of aromatic nitrogens is 1. The minimum absolute atomic E-state index is 0.367. The van der Waals surface area contributed by atoms with E-state index >= 15 is 0 Å². The first kappa shape index (κ1) is 18.5. The Labute approximate surface area is 168 Å². The Kier molecular flexibility index (Phi) is 4.82. The summed E-state index contributed by atoms with van der Waals surface area (Å²) in [6.07, 6.45) is 0. The zero-order chi connectivity index (χ0) is 19.8. The van der Waals surface area contributed by atoms with Gasteiger partial charge in [0, 0.05) is 17.3 Å². The Morgan fingerprint density at radius 1 is 0.857 bits per heavy atom. The number of esters is 2. The summed E-state index contributed by atoms with van der Waals surface area (Å²) in [7, 11) is 4.37. The second-order valence-electron chi connectivity index (χ2n) is 6.08. The molecule has 0 bridgehead atoms. The molecule has 4 aromatic rings. The fraction of sp³-hybridized carbons (Fsp3) is 0.200. The maximum Gasteiger partial charge on any atom is 0.348 e. The highest BCUT2D eigenvalue weighted by Gasteiger charge is 2.22. The van der Waals surface area contributed by atoms with Gasteiger partial charge in [0.1, 0.15) is 25.2 Å². The smallest absolute Gasteiger partial charge is 0.348 e. The SMILES string of the molecule is COC(=O)c1cc2c3cc(C(=O)OC)sc3n(Cc3ccc(OC)cc3)c2s1. The second kappa shape index (κ2) is 7.29. The molecule has 0 aliphatic rings. The molecular weight excluding hydrogens is 398 g/mol. The summed E-state index contributed by atoms with van der Waals surface area (Å²) in [5, 5.41) is 1.86. The molecule has 0 atom stereocenters. The lowest BCUT2D eigenvalue weighted by Gasteiger charge is -2.07. The molecule has 0 radical (unpaired) electrons. The summed E-state index contributed by atoms with van der Waals surface area (Å²) >= 11 is 2.78. The summed E-state index contributed by atoms with van der Waals surface area (Å²) in [6.45, 7) is 0.603. The maximum absolute atomic E-state index is 12.0. The lowest BCUT2D eigenvalue weighted by Crippen LogP contribution is -1.99. The van der Waals surface area contributed by atoms with Gasteiger partial charge in [-0.1, -0.05) is 12.1 Å². The normalized spacial score (nSPS) is 11.1. The topological polar surface area (TPSA) is 66.8 Å². The van der Waals surface area contributed by atoms with Crippen LogP contribution in [0.2, 0.25) is 0 Å². The van der Waals surface area contributed by atoms with E-state index in [1.165, 1.54) is 36.9 Å². The molecule has 4 rings (SSSR count). The number of rotatable bonds is 5. The average Bonchev–Trinajstić information content (AvgIpc) is 3.40. The van der Waals surface area contributed by atoms with Crippen molar-refractivity contribution in [3.63, 3.8) is 0 Å². The molecule has 0 aliphatic heterocycles. The molecule has 8 heteroatoms. The van der Waals surface area contributed by atoms with Crippen LogP contribution >= 0.6 is 22.7 Å². The van der Waals surface area contributed by atoms with E-state index in [2.05, 4.69) is 4.57 Å². The number of hydrogen-bond donors (Lipinski definition) is 0. The van der Waals surface area contributed by atoms with Gasteiger partial charge in [0.25, 0.3) is 0 Å². The van der Waals surface area contributed by atoms with Crippen molar-refractivity contribution < 1.29 is 23.8 Å². The number of ether oxygens (including phenoxy) is 3. The van der Waals surface area contributed by atoms with Crippen molar-refractivity contribution in [2.24, 2.45) is 0 Å². The van der Waals surface area contributed by atoms with Gasteiger partial charge in [-0.25, -0.2) is 9.59 Å². The molecule has 0 spiro atoms. The van der Waals surface area contributed by atoms with Crippen LogP contribution in [0.4, 0.5) is 0 Å². The summed E-state index contributed by atoms with van der Waals surface area (Å²) in [5.74, 6) is 0.0577. The maximum atomic E-state index is 12.0. The highest BCUT2D eigenvalue weighted by molar-refractivity contribution is 7.23. The summed E-state index contributed by atoms with van der Waals surface area (Å²) in [6, 6.07) is 11.5. The third kappa shape index (κ3) is 3.04. The summed E-state index contributed by atoms with van der Waals surface area (Å²) in [4.78, 5) is 27.0. The zero-order valence-electron chi connectivity index (χ0n) is 15.5. The number of nitrogens with zero attached hydrogens (tertiary/aromatic N) is 1. The third-order valence-electron chi connectivity index (χ3n) is 4.48. The van der Waals surface area contributed by atoms with Crippen molar-refractivity contribution in [2.75, 3.05) is 21.3 Å². The number of fused-ring (bicyclic) bond motifs is 3. The Bertz CT molecular complexity index is 1120. The lowest BCUT2D eigenvalue weighted by atomic mass is 10.2. The van der Waals surface area contributed by atoms with Gasteiger partial charge >= 0.3 is 11.9 Å². The molecule has 0 saturated carbocycles. The van der Waals surface area contributed by atoms with Crippen LogP contribution in [0.25, 0.3) is 20.4 Å². The fourth-order valence-corrected chi connectivity index (χ4v) is 5.35. The number of methoxy groups -OCH3 is 3. The van der Waals surface area contributed by atoms with Gasteiger partial charge < -0.3 is 18.8 Å². The first-order chi connectivity index (χ1) is 13.5. The first-order valence-corrected chi connectivity index (χ1v) is 10.0. The van der Waals surface area contributed by atoms with Crippen molar-refractivity contribution >= 4 is 55.0 Å². The molecule has 6 nitrogen and oxygen atoms in total. The molecule has 0 unspecified atom stereocenters. The van der Waals surface area contributed by atoms with E-state index in [9.17, 15) is 9.59 Å². The third-order valence-corrected chi connectivity index (χ3v) is 6.75. The van der Waals surface area contributed by atoms with Crippen molar-refractivity contribution in [2.45, 2.75) is 6.54 Å².